The minimum Gasteiger partial charge on any atom is -0.481 e. The Morgan fingerprint density at radius 3 is 2.70 bits per heavy atom. The average Bonchev–Trinajstić information content (AvgIpc) is 2.83. The van der Waals surface area contributed by atoms with Gasteiger partial charge in [-0.3, -0.25) is 4.79 Å². The van der Waals surface area contributed by atoms with E-state index in [9.17, 15) is 9.59 Å². The molecule has 0 bridgehead atoms. The van der Waals surface area contributed by atoms with Crippen LogP contribution >= 0.6 is 31.9 Å². The van der Waals surface area contributed by atoms with E-state index in [1.165, 1.54) is 18.2 Å². The van der Waals surface area contributed by atoms with Gasteiger partial charge in [0.05, 0.1) is 28.7 Å². The Morgan fingerprint density at radius 2 is 1.97 bits per heavy atom. The van der Waals surface area contributed by atoms with Gasteiger partial charge in [-0.15, -0.1) is 0 Å². The number of fused-ring (bicyclic) bond motifs is 1. The number of hydrogen-bond donors (Lipinski definition) is 0. The molecule has 7 nitrogen and oxygen atoms in total. The zero-order valence-electron chi connectivity index (χ0n) is 18.1. The molecule has 1 fully saturated rings. The van der Waals surface area contributed by atoms with Gasteiger partial charge < -0.3 is 9.47 Å². The van der Waals surface area contributed by atoms with Crippen molar-refractivity contribution in [2.75, 3.05) is 13.7 Å². The van der Waals surface area contributed by atoms with Crippen LogP contribution in [0.3, 0.4) is 0 Å². The summed E-state index contributed by atoms with van der Waals surface area (Å²) in [5.74, 6) is 0.966. The smallest absolute Gasteiger partial charge is 0.343 e. The van der Waals surface area contributed by atoms with Gasteiger partial charge >= 0.3 is 5.97 Å². The van der Waals surface area contributed by atoms with Crippen molar-refractivity contribution >= 4 is 54.9 Å². The Morgan fingerprint density at radius 1 is 1.18 bits per heavy atom. The molecule has 1 aliphatic carbocycles. The third kappa shape index (κ3) is 5.52. The number of benzene rings is 2. The molecule has 0 radical (unpaired) electrons. The molecule has 1 heterocycles. The number of aromatic nitrogens is 2. The maximum atomic E-state index is 13.4. The summed E-state index contributed by atoms with van der Waals surface area (Å²) in [7, 11) is 1.31. The molecule has 33 heavy (non-hydrogen) atoms. The summed E-state index contributed by atoms with van der Waals surface area (Å²) in [4.78, 5) is 29.5. The van der Waals surface area contributed by atoms with E-state index in [1.54, 1.807) is 24.4 Å². The first-order chi connectivity index (χ1) is 16.0. The minimum absolute atomic E-state index is 0.180. The predicted octanol–water partition coefficient (Wildman–Crippen LogP) is 5.40. The second kappa shape index (κ2) is 10.6. The number of nitrogens with zero attached hydrogens (tertiary/aromatic N) is 3. The first-order valence-electron chi connectivity index (χ1n) is 10.7. The average molecular weight is 577 g/mol. The van der Waals surface area contributed by atoms with Gasteiger partial charge in [-0.1, -0.05) is 35.2 Å². The lowest BCUT2D eigenvalue weighted by atomic mass is 9.88. The summed E-state index contributed by atoms with van der Waals surface area (Å²) >= 11 is 6.90. The molecule has 0 spiro atoms. The zero-order chi connectivity index (χ0) is 23.4. The van der Waals surface area contributed by atoms with Gasteiger partial charge in [-0.2, -0.15) is 9.78 Å². The summed E-state index contributed by atoms with van der Waals surface area (Å²) in [6, 6.07) is 10.9. The molecular formula is C24H23Br2N3O4. The number of carbonyl (C=O) groups is 1. The Hall–Kier alpha value is -2.52. The van der Waals surface area contributed by atoms with Gasteiger partial charge in [-0.05, 0) is 70.7 Å². The van der Waals surface area contributed by atoms with Crippen molar-refractivity contribution < 1.29 is 14.3 Å². The molecule has 0 saturated heterocycles. The second-order valence-corrected chi connectivity index (χ2v) is 9.65. The van der Waals surface area contributed by atoms with Gasteiger partial charge in [0.25, 0.3) is 5.56 Å². The molecule has 3 aromatic rings. The maximum absolute atomic E-state index is 13.4. The highest BCUT2D eigenvalue weighted by Gasteiger charge is 2.22. The number of methoxy groups -OCH3 is 1. The molecule has 172 valence electrons. The van der Waals surface area contributed by atoms with Crippen molar-refractivity contribution in [1.29, 1.82) is 0 Å². The van der Waals surface area contributed by atoms with Crippen LogP contribution in [0.25, 0.3) is 10.9 Å². The molecule has 2 aromatic carbocycles. The third-order valence-electron chi connectivity index (χ3n) is 5.66. The Labute approximate surface area is 208 Å². The van der Waals surface area contributed by atoms with Crippen LogP contribution in [0.2, 0.25) is 0 Å². The zero-order valence-corrected chi connectivity index (χ0v) is 21.3. The van der Waals surface area contributed by atoms with Gasteiger partial charge in [0.2, 0.25) is 0 Å². The topological polar surface area (TPSA) is 82.8 Å². The molecule has 0 amide bonds. The van der Waals surface area contributed by atoms with Gasteiger partial charge in [0.1, 0.15) is 11.6 Å². The molecule has 9 heteroatoms. The molecule has 0 atom stereocenters. The fourth-order valence-corrected chi connectivity index (χ4v) is 4.81. The lowest BCUT2D eigenvalue weighted by Crippen LogP contribution is -2.25. The minimum atomic E-state index is -0.461. The largest absolute Gasteiger partial charge is 0.481 e. The van der Waals surface area contributed by atoms with Crippen LogP contribution in [0.1, 0.15) is 49.4 Å². The van der Waals surface area contributed by atoms with Crippen LogP contribution in [-0.2, 0) is 9.53 Å². The fourth-order valence-electron chi connectivity index (χ4n) is 3.94. The van der Waals surface area contributed by atoms with E-state index in [0.717, 1.165) is 35.7 Å². The first-order valence-corrected chi connectivity index (χ1v) is 12.3. The van der Waals surface area contributed by atoms with E-state index in [0.29, 0.717) is 26.9 Å². The number of ether oxygens (including phenoxy) is 2. The standard InChI is InChI=1S/C24H23Br2N3O4/c1-32-22(30)14-33-21-10-7-15(11-19(21)26)13-27-29-23(16-5-3-2-4-6-16)28-20-9-8-17(25)12-18(20)24(29)31/h7-13,16H,2-6,14H2,1H3. The molecule has 0 unspecified atom stereocenters. The summed E-state index contributed by atoms with van der Waals surface area (Å²) in [6.45, 7) is -0.180. The Kier molecular flexibility index (Phi) is 7.60. The van der Waals surface area contributed by atoms with Gasteiger partial charge in [-0.25, -0.2) is 9.78 Å². The third-order valence-corrected chi connectivity index (χ3v) is 6.77. The summed E-state index contributed by atoms with van der Waals surface area (Å²) < 4.78 is 13.0. The fraction of sp³-hybridized carbons (Fsp3) is 0.333. The van der Waals surface area contributed by atoms with Crippen LogP contribution < -0.4 is 10.3 Å². The Bertz CT molecular complexity index is 1270. The van der Waals surface area contributed by atoms with Crippen LogP contribution in [0.5, 0.6) is 5.75 Å². The quantitative estimate of drug-likeness (QED) is 0.290. The van der Waals surface area contributed by atoms with E-state index in [2.05, 4.69) is 41.7 Å². The summed E-state index contributed by atoms with van der Waals surface area (Å²) in [6.07, 6.45) is 7.10. The number of hydrogen-bond acceptors (Lipinski definition) is 6. The van der Waals surface area contributed by atoms with Crippen molar-refractivity contribution in [2.24, 2.45) is 5.10 Å². The lowest BCUT2D eigenvalue weighted by molar-refractivity contribution is -0.142. The Balaban J connectivity index is 1.69. The van der Waals surface area contributed by atoms with Crippen LogP contribution in [0, 0.1) is 0 Å². The van der Waals surface area contributed by atoms with Crippen LogP contribution in [0.15, 0.2) is 55.2 Å². The predicted molar refractivity (Wildman–Crippen MR) is 134 cm³/mol. The molecular weight excluding hydrogens is 554 g/mol. The monoisotopic (exact) mass is 575 g/mol. The van der Waals surface area contributed by atoms with Gasteiger partial charge in [0, 0.05) is 10.4 Å². The SMILES string of the molecule is COC(=O)COc1ccc(C=Nn2c(C3CCCCC3)nc3ccc(Br)cc3c2=O)cc1Br. The van der Waals surface area contributed by atoms with E-state index in [1.807, 2.05) is 18.2 Å². The van der Waals surface area contributed by atoms with E-state index in [4.69, 9.17) is 9.72 Å². The number of halogens is 2. The highest BCUT2D eigenvalue weighted by atomic mass is 79.9. The van der Waals surface area contributed by atoms with Gasteiger partial charge in [0.15, 0.2) is 6.61 Å². The number of rotatable bonds is 6. The number of esters is 1. The molecule has 0 aliphatic heterocycles. The van der Waals surface area contributed by atoms with Crippen molar-refractivity contribution in [3.8, 4) is 5.75 Å². The maximum Gasteiger partial charge on any atom is 0.343 e. The van der Waals surface area contributed by atoms with Crippen molar-refractivity contribution in [1.82, 2.24) is 9.66 Å². The van der Waals surface area contributed by atoms with E-state index < -0.39 is 5.97 Å². The molecule has 4 rings (SSSR count). The van der Waals surface area contributed by atoms with Crippen molar-refractivity contribution in [3.05, 3.63) is 67.1 Å². The summed E-state index contributed by atoms with van der Waals surface area (Å²) in [5, 5.41) is 5.08. The first kappa shape index (κ1) is 23.6. The lowest BCUT2D eigenvalue weighted by Gasteiger charge is -2.22. The van der Waals surface area contributed by atoms with Crippen LogP contribution in [0.4, 0.5) is 0 Å². The normalized spacial score (nSPS) is 14.6. The summed E-state index contributed by atoms with van der Waals surface area (Å²) in [5.41, 5.74) is 1.27. The second-order valence-electron chi connectivity index (χ2n) is 7.88. The highest BCUT2D eigenvalue weighted by Crippen LogP contribution is 2.32. The molecule has 1 aliphatic rings. The molecule has 1 aromatic heterocycles. The van der Waals surface area contributed by atoms with Crippen LogP contribution in [-0.4, -0.2) is 35.6 Å². The molecule has 0 N–H and O–H groups in total. The van der Waals surface area contributed by atoms with Crippen molar-refractivity contribution in [2.45, 2.75) is 38.0 Å². The van der Waals surface area contributed by atoms with E-state index in [-0.39, 0.29) is 18.1 Å². The van der Waals surface area contributed by atoms with Crippen molar-refractivity contribution in [3.63, 3.8) is 0 Å². The molecule has 1 saturated carbocycles. The number of carbonyl (C=O) groups excluding carboxylic acids is 1. The van der Waals surface area contributed by atoms with E-state index >= 15 is 0 Å². The highest BCUT2D eigenvalue weighted by molar-refractivity contribution is 9.10.